The first-order chi connectivity index (χ1) is 8.94. The second-order valence-electron chi connectivity index (χ2n) is 3.62. The summed E-state index contributed by atoms with van der Waals surface area (Å²) in [6, 6.07) is 4.25. The molecule has 10 heteroatoms. The van der Waals surface area contributed by atoms with Crippen LogP contribution < -0.4 is 4.90 Å². The van der Waals surface area contributed by atoms with E-state index in [1.165, 1.54) is 18.2 Å². The van der Waals surface area contributed by atoms with Gasteiger partial charge in [-0.15, -0.1) is 0 Å². The summed E-state index contributed by atoms with van der Waals surface area (Å²) >= 11 is 40.3. The number of halogens is 7. The molecule has 1 aromatic carbocycles. The van der Waals surface area contributed by atoms with Gasteiger partial charge in [0, 0.05) is 10.7 Å². The normalized spacial score (nSPS) is 12.6. The van der Waals surface area contributed by atoms with Gasteiger partial charge in [0.15, 0.2) is 0 Å². The maximum Gasteiger partial charge on any atom is 0.412 e. The molecule has 1 N–H and O–H groups in total. The van der Waals surface area contributed by atoms with Gasteiger partial charge in [0.2, 0.25) is 7.59 Å². The average molecular weight is 420 g/mol. The van der Waals surface area contributed by atoms with Crippen LogP contribution in [0.4, 0.5) is 10.5 Å². The van der Waals surface area contributed by atoms with Crippen LogP contribution in [0.2, 0.25) is 5.02 Å². The molecule has 1 aromatic rings. The Labute approximate surface area is 150 Å². The zero-order valence-electron chi connectivity index (χ0n) is 9.34. The van der Waals surface area contributed by atoms with Crippen molar-refractivity contribution in [3.63, 3.8) is 0 Å². The molecule has 112 valence electrons. The van der Waals surface area contributed by atoms with Crippen LogP contribution in [0.5, 0.6) is 0 Å². The van der Waals surface area contributed by atoms with Gasteiger partial charge in [-0.1, -0.05) is 87.3 Å². The highest BCUT2D eigenvalue weighted by molar-refractivity contribution is 6.73. The molecule has 0 unspecified atom stereocenters. The number of rotatable bonds is 2. The Balaban J connectivity index is 3.41. The van der Waals surface area contributed by atoms with E-state index in [1.807, 2.05) is 0 Å². The molecule has 0 saturated heterocycles. The smallest absolute Gasteiger partial charge is 0.412 e. The molecular weight excluding hydrogens is 414 g/mol. The molecule has 0 aliphatic rings. The number of nitrogens with zero attached hydrogens (tertiary/aromatic N) is 1. The molecule has 20 heavy (non-hydrogen) atoms. The molecule has 0 radical (unpaired) electrons. The van der Waals surface area contributed by atoms with Crippen LogP contribution in [0.1, 0.15) is 0 Å². The number of carbonyl (C=O) groups is 1. The third-order valence-corrected chi connectivity index (χ3v) is 3.65. The summed E-state index contributed by atoms with van der Waals surface area (Å²) in [5, 5.41) is 9.62. The van der Waals surface area contributed by atoms with Crippen molar-refractivity contribution in [3.8, 4) is 0 Å². The number of benzene rings is 1. The monoisotopic (exact) mass is 417 g/mol. The zero-order valence-corrected chi connectivity index (χ0v) is 14.6. The van der Waals surface area contributed by atoms with Crippen LogP contribution in [-0.2, 0) is 0 Å². The van der Waals surface area contributed by atoms with Crippen molar-refractivity contribution in [2.45, 2.75) is 13.6 Å². The van der Waals surface area contributed by atoms with Gasteiger partial charge in [0.05, 0.1) is 0 Å². The van der Waals surface area contributed by atoms with E-state index in [-0.39, 0.29) is 10.7 Å². The van der Waals surface area contributed by atoms with Crippen molar-refractivity contribution in [1.82, 2.24) is 0 Å². The van der Waals surface area contributed by atoms with Crippen LogP contribution in [0, 0.1) is 0 Å². The summed E-state index contributed by atoms with van der Waals surface area (Å²) in [7, 11) is 0. The third-order valence-electron chi connectivity index (χ3n) is 2.17. The molecule has 0 fully saturated rings. The van der Waals surface area contributed by atoms with Gasteiger partial charge in [0.25, 0.3) is 0 Å². The molecule has 0 aliphatic heterocycles. The summed E-state index contributed by atoms with van der Waals surface area (Å²) in [6.45, 7) is 0. The van der Waals surface area contributed by atoms with Crippen LogP contribution in [0.15, 0.2) is 24.3 Å². The van der Waals surface area contributed by atoms with E-state index >= 15 is 0 Å². The Bertz CT molecular complexity index is 483. The average Bonchev–Trinajstić information content (AvgIpc) is 2.21. The van der Waals surface area contributed by atoms with E-state index < -0.39 is 19.7 Å². The number of anilines is 1. The van der Waals surface area contributed by atoms with Crippen LogP contribution in [0.25, 0.3) is 0 Å². The van der Waals surface area contributed by atoms with Crippen molar-refractivity contribution in [3.05, 3.63) is 29.3 Å². The fourth-order valence-corrected chi connectivity index (χ4v) is 3.73. The second-order valence-corrected chi connectivity index (χ2v) is 8.79. The molecule has 0 saturated carbocycles. The Hall–Kier alpha value is 0.520. The highest BCUT2D eigenvalue weighted by Gasteiger charge is 2.52. The van der Waals surface area contributed by atoms with Crippen LogP contribution in [0.3, 0.4) is 0 Å². The SMILES string of the molecule is O=C(O)N(c1cccc(Cl)c1)C(C(Cl)(Cl)Cl)C(Cl)(Cl)Cl. The summed E-state index contributed by atoms with van der Waals surface area (Å²) in [6.07, 6.45) is -1.46. The Kier molecular flexibility index (Phi) is 6.26. The number of amides is 1. The van der Waals surface area contributed by atoms with Gasteiger partial charge >= 0.3 is 6.09 Å². The van der Waals surface area contributed by atoms with Gasteiger partial charge in [-0.25, -0.2) is 4.79 Å². The van der Waals surface area contributed by atoms with Crippen LogP contribution >= 0.6 is 81.2 Å². The number of carboxylic acid groups (broad SMARTS) is 1. The summed E-state index contributed by atoms with van der Waals surface area (Å²) < 4.78 is -4.35. The lowest BCUT2D eigenvalue weighted by Crippen LogP contribution is -2.54. The predicted molar refractivity (Wildman–Crippen MR) is 86.3 cm³/mol. The van der Waals surface area contributed by atoms with E-state index in [2.05, 4.69) is 0 Å². The lowest BCUT2D eigenvalue weighted by atomic mass is 10.2. The Morgan fingerprint density at radius 1 is 1.10 bits per heavy atom. The first kappa shape index (κ1) is 18.6. The van der Waals surface area contributed by atoms with E-state index in [4.69, 9.17) is 81.2 Å². The van der Waals surface area contributed by atoms with Crippen LogP contribution in [-0.4, -0.2) is 24.8 Å². The van der Waals surface area contributed by atoms with Crippen molar-refractivity contribution in [2.24, 2.45) is 0 Å². The first-order valence-corrected chi connectivity index (χ1v) is 7.50. The van der Waals surface area contributed by atoms with E-state index in [0.717, 1.165) is 0 Å². The van der Waals surface area contributed by atoms with Crippen molar-refractivity contribution in [1.29, 1.82) is 0 Å². The Morgan fingerprint density at radius 2 is 1.60 bits per heavy atom. The maximum atomic E-state index is 11.5. The minimum absolute atomic E-state index is 0.104. The minimum atomic E-state index is -2.17. The fraction of sp³-hybridized carbons (Fsp3) is 0.300. The standard InChI is InChI=1S/C10H6Cl7NO2/c11-5-2-1-3-6(4-5)18(8(19)20)7(9(12,13)14)10(15,16)17/h1-4,7H,(H,19,20). The van der Waals surface area contributed by atoms with Gasteiger partial charge in [-0.2, -0.15) is 0 Å². The van der Waals surface area contributed by atoms with Gasteiger partial charge in [-0.05, 0) is 18.2 Å². The molecule has 0 aliphatic carbocycles. The molecular formula is C10H6Cl7NO2. The topological polar surface area (TPSA) is 40.5 Å². The van der Waals surface area contributed by atoms with E-state index in [9.17, 15) is 9.90 Å². The summed E-state index contributed by atoms with van der Waals surface area (Å²) in [5.74, 6) is 0. The quantitative estimate of drug-likeness (QED) is 0.603. The maximum absolute atomic E-state index is 11.5. The van der Waals surface area contributed by atoms with Gasteiger partial charge in [-0.3, -0.25) is 4.90 Å². The van der Waals surface area contributed by atoms with E-state index in [0.29, 0.717) is 4.90 Å². The van der Waals surface area contributed by atoms with Crippen molar-refractivity contribution < 1.29 is 9.90 Å². The fourth-order valence-electron chi connectivity index (χ4n) is 1.47. The highest BCUT2D eigenvalue weighted by Crippen LogP contribution is 2.47. The summed E-state index contributed by atoms with van der Waals surface area (Å²) in [5.41, 5.74) is 0.104. The lowest BCUT2D eigenvalue weighted by Gasteiger charge is -2.38. The van der Waals surface area contributed by atoms with Crippen molar-refractivity contribution in [2.75, 3.05) is 4.90 Å². The van der Waals surface area contributed by atoms with E-state index in [1.54, 1.807) is 6.07 Å². The largest absolute Gasteiger partial charge is 0.465 e. The summed E-state index contributed by atoms with van der Waals surface area (Å²) in [4.78, 5) is 12.1. The number of alkyl halides is 6. The molecule has 3 nitrogen and oxygen atoms in total. The molecule has 0 bridgehead atoms. The van der Waals surface area contributed by atoms with Gasteiger partial charge in [0.1, 0.15) is 6.04 Å². The molecule has 1 amide bonds. The first-order valence-electron chi connectivity index (χ1n) is 4.85. The molecule has 1 rings (SSSR count). The number of hydrogen-bond acceptors (Lipinski definition) is 1. The molecule has 0 aromatic heterocycles. The molecule has 0 atom stereocenters. The third kappa shape index (κ3) is 4.77. The zero-order chi connectivity index (χ0) is 15.7. The Morgan fingerprint density at radius 3 is 1.95 bits per heavy atom. The number of hydrogen-bond donors (Lipinski definition) is 1. The second kappa shape index (κ2) is 6.74. The highest BCUT2D eigenvalue weighted by atomic mass is 35.6. The minimum Gasteiger partial charge on any atom is -0.465 e. The molecule has 0 spiro atoms. The van der Waals surface area contributed by atoms with Crippen molar-refractivity contribution >= 4 is 93.0 Å². The van der Waals surface area contributed by atoms with Gasteiger partial charge < -0.3 is 5.11 Å². The molecule has 0 heterocycles. The lowest BCUT2D eigenvalue weighted by molar-refractivity contribution is 0.199. The predicted octanol–water partition coefficient (Wildman–Crippen LogP) is 5.93.